The van der Waals surface area contributed by atoms with Crippen LogP contribution in [-0.4, -0.2) is 37.5 Å². The Balaban J connectivity index is 3.45. The second-order valence-corrected chi connectivity index (χ2v) is 6.81. The number of unbranched alkanes of at least 4 members (excludes halogenated alkanes) is 6. The van der Waals surface area contributed by atoms with Gasteiger partial charge in [-0.2, -0.15) is 0 Å². The number of hydrogen-bond donors (Lipinski definition) is 0. The summed E-state index contributed by atoms with van der Waals surface area (Å²) in [4.78, 5) is 45.1. The standard InChI is InChI=1S/C22H36O8/c1-3-13-19(23)27-17-29-21(25)15-11-9-7-5-6-8-10-12-16-22(26)30-18-28-20(24)14-4-2/h11,15H,3-10,12-14,16-18H2,1-2H3. The number of hydrogen-bond acceptors (Lipinski definition) is 8. The van der Waals surface area contributed by atoms with Crippen molar-refractivity contribution in [2.24, 2.45) is 0 Å². The van der Waals surface area contributed by atoms with Gasteiger partial charge in [-0.1, -0.05) is 45.6 Å². The van der Waals surface area contributed by atoms with Gasteiger partial charge in [-0.3, -0.25) is 14.4 Å². The van der Waals surface area contributed by atoms with Gasteiger partial charge in [-0.05, 0) is 32.1 Å². The fourth-order valence-electron chi connectivity index (χ4n) is 2.41. The number of carbonyl (C=O) groups is 4. The van der Waals surface area contributed by atoms with E-state index < -0.39 is 5.97 Å². The van der Waals surface area contributed by atoms with Crippen LogP contribution in [0.5, 0.6) is 0 Å². The van der Waals surface area contributed by atoms with Crippen LogP contribution < -0.4 is 0 Å². The zero-order valence-electron chi connectivity index (χ0n) is 18.3. The minimum Gasteiger partial charge on any atom is -0.428 e. The molecular formula is C22H36O8. The number of ether oxygens (including phenoxy) is 4. The molecule has 0 atom stereocenters. The first kappa shape index (κ1) is 27.6. The zero-order valence-corrected chi connectivity index (χ0v) is 18.3. The minimum absolute atomic E-state index is 0.303. The van der Waals surface area contributed by atoms with Crippen molar-refractivity contribution in [2.75, 3.05) is 13.6 Å². The average Bonchev–Trinajstić information content (AvgIpc) is 2.69. The van der Waals surface area contributed by atoms with Gasteiger partial charge in [0.2, 0.25) is 13.6 Å². The van der Waals surface area contributed by atoms with Crippen molar-refractivity contribution in [3.8, 4) is 0 Å². The van der Waals surface area contributed by atoms with E-state index in [0.717, 1.165) is 44.9 Å². The third-order valence-corrected chi connectivity index (χ3v) is 4.02. The summed E-state index contributed by atoms with van der Waals surface area (Å²) in [6.07, 6.45) is 12.0. The van der Waals surface area contributed by atoms with Crippen LogP contribution >= 0.6 is 0 Å². The Hall–Kier alpha value is -2.38. The Morgan fingerprint density at radius 2 is 1.07 bits per heavy atom. The molecular weight excluding hydrogens is 392 g/mol. The summed E-state index contributed by atoms with van der Waals surface area (Å²) in [5.41, 5.74) is 0. The van der Waals surface area contributed by atoms with Crippen molar-refractivity contribution in [1.29, 1.82) is 0 Å². The summed E-state index contributed by atoms with van der Waals surface area (Å²) in [5.74, 6) is -1.60. The summed E-state index contributed by atoms with van der Waals surface area (Å²) in [6.45, 7) is 3.09. The van der Waals surface area contributed by atoms with E-state index >= 15 is 0 Å². The largest absolute Gasteiger partial charge is 0.428 e. The highest BCUT2D eigenvalue weighted by atomic mass is 16.7. The van der Waals surface area contributed by atoms with Crippen molar-refractivity contribution < 1.29 is 38.1 Å². The molecule has 0 N–H and O–H groups in total. The summed E-state index contributed by atoms with van der Waals surface area (Å²) >= 11 is 0. The Kier molecular flexibility index (Phi) is 18.3. The van der Waals surface area contributed by atoms with Crippen molar-refractivity contribution in [2.45, 2.75) is 90.9 Å². The summed E-state index contributed by atoms with van der Waals surface area (Å²) < 4.78 is 19.1. The van der Waals surface area contributed by atoms with Crippen LogP contribution in [0.15, 0.2) is 12.2 Å². The second-order valence-electron chi connectivity index (χ2n) is 6.81. The van der Waals surface area contributed by atoms with E-state index in [1.807, 2.05) is 13.8 Å². The van der Waals surface area contributed by atoms with E-state index in [0.29, 0.717) is 32.1 Å². The fourth-order valence-corrected chi connectivity index (χ4v) is 2.41. The average molecular weight is 429 g/mol. The third kappa shape index (κ3) is 19.0. The molecule has 0 radical (unpaired) electrons. The molecule has 0 spiro atoms. The van der Waals surface area contributed by atoms with Gasteiger partial charge in [0.15, 0.2) is 0 Å². The predicted octanol–water partition coefficient (Wildman–Crippen LogP) is 4.35. The molecule has 0 aromatic rings. The molecule has 8 heteroatoms. The lowest BCUT2D eigenvalue weighted by molar-refractivity contribution is -0.168. The molecule has 0 fully saturated rings. The maximum Gasteiger partial charge on any atom is 0.333 e. The minimum atomic E-state index is -0.522. The molecule has 8 nitrogen and oxygen atoms in total. The van der Waals surface area contributed by atoms with Crippen LogP contribution in [0.25, 0.3) is 0 Å². The molecule has 0 unspecified atom stereocenters. The predicted molar refractivity (Wildman–Crippen MR) is 110 cm³/mol. The Bertz CT molecular complexity index is 527. The van der Waals surface area contributed by atoms with E-state index in [2.05, 4.69) is 0 Å². The molecule has 0 saturated carbocycles. The second kappa shape index (κ2) is 19.9. The smallest absolute Gasteiger partial charge is 0.333 e. The molecule has 0 rings (SSSR count). The number of rotatable bonds is 18. The van der Waals surface area contributed by atoms with E-state index in [1.54, 1.807) is 6.08 Å². The lowest BCUT2D eigenvalue weighted by Gasteiger charge is -2.05. The van der Waals surface area contributed by atoms with Gasteiger partial charge in [-0.15, -0.1) is 0 Å². The summed E-state index contributed by atoms with van der Waals surface area (Å²) in [5, 5.41) is 0. The quantitative estimate of drug-likeness (QED) is 0.137. The summed E-state index contributed by atoms with van der Waals surface area (Å²) in [6, 6.07) is 0. The Morgan fingerprint density at radius 3 is 1.63 bits per heavy atom. The normalized spacial score (nSPS) is 10.6. The molecule has 0 heterocycles. The molecule has 0 aliphatic heterocycles. The van der Waals surface area contributed by atoms with Crippen LogP contribution in [0.3, 0.4) is 0 Å². The highest BCUT2D eigenvalue weighted by Gasteiger charge is 2.05. The van der Waals surface area contributed by atoms with E-state index in [9.17, 15) is 19.2 Å². The van der Waals surface area contributed by atoms with Gasteiger partial charge < -0.3 is 18.9 Å². The molecule has 0 aliphatic carbocycles. The molecule has 0 amide bonds. The number of carbonyl (C=O) groups excluding carboxylic acids is 4. The molecule has 0 aliphatic rings. The van der Waals surface area contributed by atoms with Crippen LogP contribution in [0.1, 0.15) is 90.9 Å². The van der Waals surface area contributed by atoms with Crippen LogP contribution in [0, 0.1) is 0 Å². The van der Waals surface area contributed by atoms with Gasteiger partial charge in [0, 0.05) is 25.3 Å². The topological polar surface area (TPSA) is 105 Å². The third-order valence-electron chi connectivity index (χ3n) is 4.02. The molecule has 172 valence electrons. The number of allylic oxidation sites excluding steroid dienone is 1. The molecule has 30 heavy (non-hydrogen) atoms. The highest BCUT2D eigenvalue weighted by Crippen LogP contribution is 2.09. The first-order valence-electron chi connectivity index (χ1n) is 10.8. The van der Waals surface area contributed by atoms with E-state index in [4.69, 9.17) is 18.9 Å². The molecule has 0 bridgehead atoms. The molecule has 0 saturated heterocycles. The lowest BCUT2D eigenvalue weighted by Crippen LogP contribution is -2.12. The molecule has 0 aromatic heterocycles. The first-order valence-corrected chi connectivity index (χ1v) is 10.8. The Morgan fingerprint density at radius 1 is 0.600 bits per heavy atom. The zero-order chi connectivity index (χ0) is 22.5. The monoisotopic (exact) mass is 428 g/mol. The first-order chi connectivity index (χ1) is 14.5. The fraction of sp³-hybridized carbons (Fsp3) is 0.727. The van der Waals surface area contributed by atoms with E-state index in [-0.39, 0.29) is 31.5 Å². The maximum absolute atomic E-state index is 11.5. The van der Waals surface area contributed by atoms with Crippen LogP contribution in [-0.2, 0) is 38.1 Å². The van der Waals surface area contributed by atoms with Gasteiger partial charge in [0.25, 0.3) is 0 Å². The van der Waals surface area contributed by atoms with Crippen LogP contribution in [0.4, 0.5) is 0 Å². The van der Waals surface area contributed by atoms with Crippen molar-refractivity contribution in [1.82, 2.24) is 0 Å². The lowest BCUT2D eigenvalue weighted by atomic mass is 10.1. The highest BCUT2D eigenvalue weighted by molar-refractivity contribution is 5.81. The van der Waals surface area contributed by atoms with Gasteiger partial charge in [0.1, 0.15) is 0 Å². The molecule has 0 aromatic carbocycles. The van der Waals surface area contributed by atoms with Gasteiger partial charge in [-0.25, -0.2) is 4.79 Å². The van der Waals surface area contributed by atoms with Crippen molar-refractivity contribution >= 4 is 23.9 Å². The maximum atomic E-state index is 11.5. The summed E-state index contributed by atoms with van der Waals surface area (Å²) in [7, 11) is 0. The Labute approximate surface area is 179 Å². The van der Waals surface area contributed by atoms with Crippen molar-refractivity contribution in [3.63, 3.8) is 0 Å². The van der Waals surface area contributed by atoms with E-state index in [1.165, 1.54) is 6.08 Å². The van der Waals surface area contributed by atoms with Gasteiger partial charge in [0.05, 0.1) is 0 Å². The van der Waals surface area contributed by atoms with Crippen molar-refractivity contribution in [3.05, 3.63) is 12.2 Å². The SMILES string of the molecule is CCCC(=O)OCOC(=O)C=CCCCCCCCCC(=O)OCOC(=O)CCC. The van der Waals surface area contributed by atoms with Gasteiger partial charge >= 0.3 is 23.9 Å². The van der Waals surface area contributed by atoms with Crippen LogP contribution in [0.2, 0.25) is 0 Å². The number of esters is 4.